The van der Waals surface area contributed by atoms with Crippen LogP contribution in [0.15, 0.2) is 42.5 Å². The number of methoxy groups -OCH3 is 2. The summed E-state index contributed by atoms with van der Waals surface area (Å²) in [6.07, 6.45) is 4.14. The van der Waals surface area contributed by atoms with Gasteiger partial charge in [0.25, 0.3) is 0 Å². The van der Waals surface area contributed by atoms with Gasteiger partial charge in [-0.15, -0.1) is 0 Å². The van der Waals surface area contributed by atoms with Crippen LogP contribution in [0.2, 0.25) is 0 Å². The maximum absolute atomic E-state index is 12.2. The molecule has 1 N–H and O–H groups in total. The molecular weight excluding hydrogens is 302 g/mol. The van der Waals surface area contributed by atoms with E-state index in [0.29, 0.717) is 11.5 Å². The highest BCUT2D eigenvalue weighted by Gasteiger charge is 2.07. The van der Waals surface area contributed by atoms with Gasteiger partial charge in [-0.25, -0.2) is 0 Å². The number of carbonyl (C=O) groups is 1. The number of para-hydroxylation sites is 1. The Morgan fingerprint density at radius 2 is 1.88 bits per heavy atom. The molecule has 0 aliphatic carbocycles. The first-order valence-corrected chi connectivity index (χ1v) is 7.88. The summed E-state index contributed by atoms with van der Waals surface area (Å²) in [4.78, 5) is 12.2. The van der Waals surface area contributed by atoms with Crippen molar-refractivity contribution in [1.29, 1.82) is 0 Å². The summed E-state index contributed by atoms with van der Waals surface area (Å²) < 4.78 is 10.5. The molecule has 0 fully saturated rings. The van der Waals surface area contributed by atoms with Crippen molar-refractivity contribution in [3.63, 3.8) is 0 Å². The fourth-order valence-electron chi connectivity index (χ4n) is 2.50. The second kappa shape index (κ2) is 8.20. The molecule has 0 aliphatic heterocycles. The van der Waals surface area contributed by atoms with Crippen LogP contribution in [0.4, 0.5) is 5.69 Å². The van der Waals surface area contributed by atoms with Crippen molar-refractivity contribution in [3.8, 4) is 11.5 Å². The molecule has 4 heteroatoms. The topological polar surface area (TPSA) is 47.6 Å². The highest BCUT2D eigenvalue weighted by molar-refractivity contribution is 6.02. The summed E-state index contributed by atoms with van der Waals surface area (Å²) in [6.45, 7) is 4.07. The van der Waals surface area contributed by atoms with Crippen LogP contribution in [0.5, 0.6) is 11.5 Å². The average molecular weight is 325 g/mol. The van der Waals surface area contributed by atoms with Gasteiger partial charge in [-0.05, 0) is 48.2 Å². The molecule has 0 aliphatic rings. The van der Waals surface area contributed by atoms with Crippen molar-refractivity contribution in [3.05, 3.63) is 59.2 Å². The summed E-state index contributed by atoms with van der Waals surface area (Å²) in [5.74, 6) is 1.13. The Balaban J connectivity index is 2.14. The summed E-state index contributed by atoms with van der Waals surface area (Å²) in [6, 6.07) is 11.5. The second-order valence-corrected chi connectivity index (χ2v) is 5.40. The first kappa shape index (κ1) is 17.6. The third-order valence-corrected chi connectivity index (χ3v) is 3.82. The molecule has 0 heterocycles. The lowest BCUT2D eigenvalue weighted by molar-refractivity contribution is -0.111. The number of carbonyl (C=O) groups excluding carboxylic acids is 1. The monoisotopic (exact) mass is 325 g/mol. The zero-order valence-corrected chi connectivity index (χ0v) is 14.6. The number of rotatable bonds is 6. The largest absolute Gasteiger partial charge is 0.493 e. The number of nitrogens with one attached hydrogen (secondary N) is 1. The van der Waals surface area contributed by atoms with E-state index in [9.17, 15) is 4.79 Å². The number of benzene rings is 2. The Morgan fingerprint density at radius 1 is 1.12 bits per heavy atom. The fourth-order valence-corrected chi connectivity index (χ4v) is 2.50. The van der Waals surface area contributed by atoms with Gasteiger partial charge in [0.15, 0.2) is 11.5 Å². The lowest BCUT2D eigenvalue weighted by atomic mass is 10.1. The van der Waals surface area contributed by atoms with E-state index in [1.165, 1.54) is 6.08 Å². The second-order valence-electron chi connectivity index (χ2n) is 5.40. The van der Waals surface area contributed by atoms with Crippen LogP contribution < -0.4 is 14.8 Å². The van der Waals surface area contributed by atoms with Gasteiger partial charge in [0.1, 0.15) is 0 Å². The van der Waals surface area contributed by atoms with E-state index in [-0.39, 0.29) is 5.91 Å². The first-order chi connectivity index (χ1) is 11.6. The Kier molecular flexibility index (Phi) is 6.01. The van der Waals surface area contributed by atoms with Crippen molar-refractivity contribution in [2.75, 3.05) is 19.5 Å². The molecule has 0 radical (unpaired) electrons. The van der Waals surface area contributed by atoms with E-state index >= 15 is 0 Å². The zero-order chi connectivity index (χ0) is 17.5. The normalized spacial score (nSPS) is 10.7. The number of ether oxygens (including phenoxy) is 2. The maximum atomic E-state index is 12.2. The molecule has 126 valence electrons. The third-order valence-electron chi connectivity index (χ3n) is 3.82. The van der Waals surface area contributed by atoms with E-state index in [2.05, 4.69) is 12.2 Å². The average Bonchev–Trinajstić information content (AvgIpc) is 2.61. The molecule has 1 amide bonds. The van der Waals surface area contributed by atoms with Crippen molar-refractivity contribution >= 4 is 17.7 Å². The van der Waals surface area contributed by atoms with Crippen LogP contribution in [0, 0.1) is 6.92 Å². The molecule has 0 atom stereocenters. The highest BCUT2D eigenvalue weighted by atomic mass is 16.5. The minimum atomic E-state index is -0.159. The van der Waals surface area contributed by atoms with Crippen LogP contribution in [-0.4, -0.2) is 20.1 Å². The minimum Gasteiger partial charge on any atom is -0.493 e. The molecule has 24 heavy (non-hydrogen) atoms. The smallest absolute Gasteiger partial charge is 0.248 e. The molecular formula is C20H23NO3. The molecule has 0 saturated carbocycles. The molecule has 0 aromatic heterocycles. The number of aryl methyl sites for hydroxylation is 2. The van der Waals surface area contributed by atoms with Crippen LogP contribution in [0.25, 0.3) is 6.08 Å². The molecule has 0 bridgehead atoms. The number of hydrogen-bond donors (Lipinski definition) is 1. The van der Waals surface area contributed by atoms with E-state index in [1.807, 2.05) is 43.3 Å². The van der Waals surface area contributed by atoms with Crippen molar-refractivity contribution in [2.24, 2.45) is 0 Å². The van der Waals surface area contributed by atoms with Gasteiger partial charge in [-0.3, -0.25) is 4.79 Å². The van der Waals surface area contributed by atoms with Crippen LogP contribution >= 0.6 is 0 Å². The predicted molar refractivity (Wildman–Crippen MR) is 97.8 cm³/mol. The molecule has 0 unspecified atom stereocenters. The summed E-state index contributed by atoms with van der Waals surface area (Å²) >= 11 is 0. The van der Waals surface area contributed by atoms with Crippen LogP contribution in [0.3, 0.4) is 0 Å². The molecule has 0 saturated heterocycles. The Morgan fingerprint density at radius 3 is 2.54 bits per heavy atom. The SMILES string of the molecule is CCc1cccc(C)c1NC(=O)/C=C\c1ccc(OC)c(OC)c1. The predicted octanol–water partition coefficient (Wildman–Crippen LogP) is 4.23. The lowest BCUT2D eigenvalue weighted by Crippen LogP contribution is -2.11. The Labute approximate surface area is 143 Å². The maximum Gasteiger partial charge on any atom is 0.248 e. The Hall–Kier alpha value is -2.75. The lowest BCUT2D eigenvalue weighted by Gasteiger charge is -2.11. The van der Waals surface area contributed by atoms with Crippen LogP contribution in [-0.2, 0) is 11.2 Å². The van der Waals surface area contributed by atoms with Crippen LogP contribution in [0.1, 0.15) is 23.6 Å². The minimum absolute atomic E-state index is 0.159. The standard InChI is InChI=1S/C20H23NO3/c1-5-16-8-6-7-14(2)20(16)21-19(22)12-10-15-9-11-17(23-3)18(13-15)24-4/h6-13H,5H2,1-4H3,(H,21,22)/b12-10-. The van der Waals surface area contributed by atoms with Crippen molar-refractivity contribution in [2.45, 2.75) is 20.3 Å². The first-order valence-electron chi connectivity index (χ1n) is 7.88. The van der Waals surface area contributed by atoms with Crippen molar-refractivity contribution in [1.82, 2.24) is 0 Å². The summed E-state index contributed by atoms with van der Waals surface area (Å²) in [7, 11) is 3.18. The van der Waals surface area contributed by atoms with E-state index < -0.39 is 0 Å². The molecule has 2 aromatic rings. The van der Waals surface area contributed by atoms with Gasteiger partial charge in [0, 0.05) is 11.8 Å². The zero-order valence-electron chi connectivity index (χ0n) is 14.6. The van der Waals surface area contributed by atoms with Gasteiger partial charge >= 0.3 is 0 Å². The van der Waals surface area contributed by atoms with E-state index in [4.69, 9.17) is 9.47 Å². The Bertz CT molecular complexity index is 751. The number of amides is 1. The van der Waals surface area contributed by atoms with Gasteiger partial charge in [0.2, 0.25) is 5.91 Å². The van der Waals surface area contributed by atoms with Gasteiger partial charge in [-0.2, -0.15) is 0 Å². The molecule has 2 rings (SSSR count). The molecule has 4 nitrogen and oxygen atoms in total. The van der Waals surface area contributed by atoms with Crippen molar-refractivity contribution < 1.29 is 14.3 Å². The highest BCUT2D eigenvalue weighted by Crippen LogP contribution is 2.28. The quantitative estimate of drug-likeness (QED) is 0.809. The molecule has 0 spiro atoms. The molecule has 2 aromatic carbocycles. The van der Waals surface area contributed by atoms with Gasteiger partial charge < -0.3 is 14.8 Å². The van der Waals surface area contributed by atoms with E-state index in [0.717, 1.165) is 28.8 Å². The van der Waals surface area contributed by atoms with Gasteiger partial charge in [-0.1, -0.05) is 31.2 Å². The summed E-state index contributed by atoms with van der Waals surface area (Å²) in [5, 5.41) is 2.97. The third kappa shape index (κ3) is 4.16. The fraction of sp³-hybridized carbons (Fsp3) is 0.250. The summed E-state index contributed by atoms with van der Waals surface area (Å²) in [5.41, 5.74) is 3.94. The number of hydrogen-bond acceptors (Lipinski definition) is 3. The number of anilines is 1. The van der Waals surface area contributed by atoms with E-state index in [1.54, 1.807) is 20.3 Å². The van der Waals surface area contributed by atoms with Gasteiger partial charge in [0.05, 0.1) is 14.2 Å².